The number of hydrogen-bond donors (Lipinski definition) is 3. The molecular weight excluding hydrogens is 259 g/mol. The second kappa shape index (κ2) is 5.32. The summed E-state index contributed by atoms with van der Waals surface area (Å²) in [4.78, 5) is 16.8. The van der Waals surface area contributed by atoms with E-state index in [1.54, 1.807) is 6.07 Å². The van der Waals surface area contributed by atoms with E-state index in [2.05, 4.69) is 9.97 Å². The molecule has 7 nitrogen and oxygen atoms in total. The van der Waals surface area contributed by atoms with Gasteiger partial charge >= 0.3 is 0 Å². The molecule has 1 saturated carbocycles. The van der Waals surface area contributed by atoms with Gasteiger partial charge in [-0.25, -0.2) is 9.97 Å². The van der Waals surface area contributed by atoms with Crippen LogP contribution < -0.4 is 4.74 Å². The third kappa shape index (κ3) is 2.54. The minimum atomic E-state index is -3.16. The van der Waals surface area contributed by atoms with E-state index in [-0.39, 0.29) is 13.0 Å². The third-order valence-corrected chi connectivity index (χ3v) is 4.55. The van der Waals surface area contributed by atoms with Gasteiger partial charge in [0.15, 0.2) is 0 Å². The molecule has 2 unspecified atom stereocenters. The van der Waals surface area contributed by atoms with Crippen molar-refractivity contribution in [2.75, 3.05) is 6.61 Å². The van der Waals surface area contributed by atoms with Crippen molar-refractivity contribution in [2.24, 2.45) is 5.92 Å². The first-order chi connectivity index (χ1) is 8.56. The second-order valence-corrected chi connectivity index (χ2v) is 5.81. The summed E-state index contributed by atoms with van der Waals surface area (Å²) in [6.07, 6.45) is 2.73. The van der Waals surface area contributed by atoms with Crippen LogP contribution >= 0.6 is 8.03 Å². The molecule has 1 aliphatic carbocycles. The first-order valence-electron chi connectivity index (χ1n) is 5.55. The summed E-state index contributed by atoms with van der Waals surface area (Å²) in [6, 6.07) is 1.56. The van der Waals surface area contributed by atoms with Crippen LogP contribution in [-0.2, 0) is 4.57 Å². The molecule has 1 aliphatic rings. The van der Waals surface area contributed by atoms with Gasteiger partial charge < -0.3 is 19.8 Å². The maximum absolute atomic E-state index is 11.2. The number of nitrogens with zero attached hydrogens (tertiary/aromatic N) is 2. The van der Waals surface area contributed by atoms with Gasteiger partial charge in [0.2, 0.25) is 13.9 Å². The van der Waals surface area contributed by atoms with Crippen molar-refractivity contribution in [1.29, 1.82) is 0 Å². The van der Waals surface area contributed by atoms with Crippen LogP contribution in [0, 0.1) is 5.92 Å². The molecule has 4 atom stereocenters. The Morgan fingerprint density at radius 1 is 1.61 bits per heavy atom. The summed E-state index contributed by atoms with van der Waals surface area (Å²) in [6.45, 7) is -0.350. The van der Waals surface area contributed by atoms with Gasteiger partial charge in [0.1, 0.15) is 17.8 Å². The smallest absolute Gasteiger partial charge is 0.220 e. The van der Waals surface area contributed by atoms with E-state index >= 15 is 0 Å². The van der Waals surface area contributed by atoms with E-state index in [9.17, 15) is 14.6 Å². The van der Waals surface area contributed by atoms with Crippen LogP contribution in [0.15, 0.2) is 18.6 Å². The van der Waals surface area contributed by atoms with Crippen molar-refractivity contribution in [3.05, 3.63) is 18.6 Å². The average Bonchev–Trinajstić information content (AvgIpc) is 2.68. The molecule has 0 saturated heterocycles. The van der Waals surface area contributed by atoms with E-state index in [4.69, 9.17) is 9.84 Å². The largest absolute Gasteiger partial charge is 0.474 e. The van der Waals surface area contributed by atoms with Gasteiger partial charge in [-0.1, -0.05) is 0 Å². The molecule has 2 rings (SSSR count). The number of aliphatic hydroxyl groups excluding tert-OH is 1. The Balaban J connectivity index is 2.08. The fraction of sp³-hybridized carbons (Fsp3) is 0.600. The van der Waals surface area contributed by atoms with Gasteiger partial charge in [-0.3, -0.25) is 4.57 Å². The summed E-state index contributed by atoms with van der Waals surface area (Å²) in [5.41, 5.74) is 0. The summed E-state index contributed by atoms with van der Waals surface area (Å²) in [5, 5.41) is 17.5. The third-order valence-electron chi connectivity index (χ3n) is 3.19. The minimum absolute atomic E-state index is 0.0104. The molecule has 0 bridgehead atoms. The number of aliphatic hydroxyl groups is 2. The molecule has 0 aromatic carbocycles. The molecule has 3 N–H and O–H groups in total. The Morgan fingerprint density at radius 2 is 2.39 bits per heavy atom. The normalized spacial score (nSPS) is 33.3. The maximum Gasteiger partial charge on any atom is 0.220 e. The molecule has 0 aliphatic heterocycles. The van der Waals surface area contributed by atoms with Crippen molar-refractivity contribution < 1.29 is 24.4 Å². The standard InChI is InChI=1S/C10H15N2O5P/c13-5-7-3-8(4-10(7,14)18(15)16)17-9-1-2-11-6-12-9/h1-2,6-8,13-14,18H,3-5H2,(H,15,16)/t7-,8-,10?/m1/s1. The van der Waals surface area contributed by atoms with Gasteiger partial charge in [-0.05, 0) is 6.42 Å². The van der Waals surface area contributed by atoms with Crippen molar-refractivity contribution >= 4 is 8.03 Å². The first kappa shape index (κ1) is 13.4. The number of hydrogen-bond acceptors (Lipinski definition) is 6. The van der Waals surface area contributed by atoms with Crippen LogP contribution in [-0.4, -0.2) is 43.1 Å². The van der Waals surface area contributed by atoms with Crippen molar-refractivity contribution in [3.8, 4) is 5.88 Å². The Hall–Kier alpha value is -1.01. The van der Waals surface area contributed by atoms with Gasteiger partial charge in [0.05, 0.1) is 0 Å². The van der Waals surface area contributed by atoms with Crippen LogP contribution in [0.25, 0.3) is 0 Å². The zero-order valence-electron chi connectivity index (χ0n) is 9.56. The Bertz CT molecular complexity index is 432. The number of rotatable bonds is 4. The lowest BCUT2D eigenvalue weighted by Gasteiger charge is -2.24. The molecule has 0 spiro atoms. The molecule has 0 radical (unpaired) electrons. The van der Waals surface area contributed by atoms with Gasteiger partial charge in [0.25, 0.3) is 0 Å². The van der Waals surface area contributed by atoms with E-state index in [1.165, 1.54) is 12.5 Å². The molecule has 1 aromatic heterocycles. The molecular formula is C10H15N2O5P. The van der Waals surface area contributed by atoms with Crippen molar-refractivity contribution in [3.63, 3.8) is 0 Å². The second-order valence-electron chi connectivity index (χ2n) is 4.34. The lowest BCUT2D eigenvalue weighted by Crippen LogP contribution is -2.31. The molecule has 0 amide bonds. The monoisotopic (exact) mass is 274 g/mol. The summed E-state index contributed by atoms with van der Waals surface area (Å²) >= 11 is 0. The van der Waals surface area contributed by atoms with E-state index < -0.39 is 25.4 Å². The zero-order valence-corrected chi connectivity index (χ0v) is 10.6. The highest BCUT2D eigenvalue weighted by atomic mass is 31.1. The fourth-order valence-corrected chi connectivity index (χ4v) is 3.17. The van der Waals surface area contributed by atoms with E-state index in [0.29, 0.717) is 12.3 Å². The molecule has 1 fully saturated rings. The highest BCUT2D eigenvalue weighted by molar-refractivity contribution is 7.39. The Morgan fingerprint density at radius 3 is 2.89 bits per heavy atom. The van der Waals surface area contributed by atoms with Crippen molar-refractivity contribution in [1.82, 2.24) is 9.97 Å². The average molecular weight is 274 g/mol. The summed E-state index contributed by atoms with van der Waals surface area (Å²) < 4.78 is 16.7. The van der Waals surface area contributed by atoms with Crippen LogP contribution in [0.1, 0.15) is 12.8 Å². The maximum atomic E-state index is 11.2. The minimum Gasteiger partial charge on any atom is -0.474 e. The van der Waals surface area contributed by atoms with Crippen LogP contribution in [0.3, 0.4) is 0 Å². The van der Waals surface area contributed by atoms with Crippen LogP contribution in [0.2, 0.25) is 0 Å². The number of aromatic nitrogens is 2. The SMILES string of the molecule is O=[PH](O)C1(O)C[C@H](Oc2ccncn2)C[C@@H]1CO. The highest BCUT2D eigenvalue weighted by Crippen LogP contribution is 2.50. The number of ether oxygens (including phenoxy) is 1. The predicted octanol–water partition coefficient (Wildman–Crippen LogP) is -0.218. The van der Waals surface area contributed by atoms with Crippen LogP contribution in [0.4, 0.5) is 0 Å². The Kier molecular flexibility index (Phi) is 3.97. The quantitative estimate of drug-likeness (QED) is 0.650. The molecule has 1 aromatic rings. The predicted molar refractivity (Wildman–Crippen MR) is 62.4 cm³/mol. The van der Waals surface area contributed by atoms with Crippen LogP contribution in [0.5, 0.6) is 5.88 Å². The first-order valence-corrected chi connectivity index (χ1v) is 6.91. The summed E-state index contributed by atoms with van der Waals surface area (Å²) in [7, 11) is -3.16. The zero-order chi connectivity index (χ0) is 13.2. The van der Waals surface area contributed by atoms with Crippen molar-refractivity contribution in [2.45, 2.75) is 24.3 Å². The summed E-state index contributed by atoms with van der Waals surface area (Å²) in [5.74, 6) is -0.311. The van der Waals surface area contributed by atoms with E-state index in [0.717, 1.165) is 0 Å². The fourth-order valence-electron chi connectivity index (χ4n) is 2.21. The molecule has 8 heteroatoms. The molecule has 18 heavy (non-hydrogen) atoms. The molecule has 1 heterocycles. The topological polar surface area (TPSA) is 113 Å². The highest BCUT2D eigenvalue weighted by Gasteiger charge is 2.50. The lowest BCUT2D eigenvalue weighted by molar-refractivity contribution is 0.0439. The van der Waals surface area contributed by atoms with Gasteiger partial charge in [-0.15, -0.1) is 0 Å². The van der Waals surface area contributed by atoms with Gasteiger partial charge in [-0.2, -0.15) is 0 Å². The Labute approximate surface area is 104 Å². The lowest BCUT2D eigenvalue weighted by atomic mass is 10.1. The van der Waals surface area contributed by atoms with Gasteiger partial charge in [0, 0.05) is 31.2 Å². The van der Waals surface area contributed by atoms with E-state index in [1.807, 2.05) is 0 Å². The molecule has 100 valence electrons.